The SMILES string of the molecule is CC(C)CC(C)N(C(=O)CCn1ncc(=O)c2ccccc21)c1ccc2[nH]ccc2c1. The van der Waals surface area contributed by atoms with Crippen molar-refractivity contribution in [2.75, 3.05) is 4.90 Å². The third-order valence-corrected chi connectivity index (χ3v) is 5.64. The second-order valence-electron chi connectivity index (χ2n) is 8.49. The summed E-state index contributed by atoms with van der Waals surface area (Å²) in [5.74, 6) is 0.526. The van der Waals surface area contributed by atoms with Gasteiger partial charge in [0.15, 0.2) is 0 Å². The van der Waals surface area contributed by atoms with E-state index in [1.54, 1.807) is 10.7 Å². The van der Waals surface area contributed by atoms with E-state index in [9.17, 15) is 9.59 Å². The number of hydrogen-bond donors (Lipinski definition) is 1. The molecule has 4 rings (SSSR count). The minimum absolute atomic E-state index is 0.0487. The van der Waals surface area contributed by atoms with Gasteiger partial charge in [-0.25, -0.2) is 0 Å². The van der Waals surface area contributed by atoms with E-state index in [2.05, 4.69) is 36.9 Å². The van der Waals surface area contributed by atoms with E-state index in [-0.39, 0.29) is 17.4 Å². The lowest BCUT2D eigenvalue weighted by atomic mass is 10.0. The topological polar surface area (TPSA) is 71.0 Å². The fourth-order valence-corrected chi connectivity index (χ4v) is 4.28. The summed E-state index contributed by atoms with van der Waals surface area (Å²) in [5, 5.41) is 5.97. The fraction of sp³-hybridized carbons (Fsp3) is 0.320. The second-order valence-corrected chi connectivity index (χ2v) is 8.49. The van der Waals surface area contributed by atoms with Crippen LogP contribution < -0.4 is 10.3 Å². The Morgan fingerprint density at radius 3 is 2.74 bits per heavy atom. The van der Waals surface area contributed by atoms with Gasteiger partial charge in [0.1, 0.15) is 0 Å². The molecule has 6 heteroatoms. The number of aromatic nitrogens is 3. The molecule has 0 bridgehead atoms. The first-order valence-corrected chi connectivity index (χ1v) is 10.8. The van der Waals surface area contributed by atoms with E-state index < -0.39 is 0 Å². The minimum atomic E-state index is -0.106. The van der Waals surface area contributed by atoms with Crippen LogP contribution in [-0.2, 0) is 11.3 Å². The Morgan fingerprint density at radius 1 is 1.13 bits per heavy atom. The van der Waals surface area contributed by atoms with Crippen LogP contribution in [0.4, 0.5) is 5.69 Å². The zero-order valence-corrected chi connectivity index (χ0v) is 18.2. The van der Waals surface area contributed by atoms with Gasteiger partial charge in [0.05, 0.1) is 18.3 Å². The van der Waals surface area contributed by atoms with Gasteiger partial charge in [-0.2, -0.15) is 5.10 Å². The van der Waals surface area contributed by atoms with Gasteiger partial charge in [-0.05, 0) is 55.7 Å². The number of para-hydroxylation sites is 1. The van der Waals surface area contributed by atoms with E-state index in [0.717, 1.165) is 28.5 Å². The van der Waals surface area contributed by atoms with Crippen LogP contribution in [0.15, 0.2) is 65.7 Å². The maximum atomic E-state index is 13.4. The van der Waals surface area contributed by atoms with Crippen molar-refractivity contribution in [2.45, 2.75) is 46.2 Å². The summed E-state index contributed by atoms with van der Waals surface area (Å²) in [4.78, 5) is 30.6. The maximum Gasteiger partial charge on any atom is 0.229 e. The van der Waals surface area contributed by atoms with Gasteiger partial charge in [0.25, 0.3) is 0 Å². The number of nitrogens with zero attached hydrogens (tertiary/aromatic N) is 3. The molecule has 1 amide bonds. The van der Waals surface area contributed by atoms with E-state index in [1.165, 1.54) is 6.20 Å². The number of anilines is 1. The van der Waals surface area contributed by atoms with Crippen LogP contribution in [0.25, 0.3) is 21.8 Å². The van der Waals surface area contributed by atoms with Crippen LogP contribution in [0.1, 0.15) is 33.6 Å². The molecule has 1 atom stereocenters. The summed E-state index contributed by atoms with van der Waals surface area (Å²) in [7, 11) is 0. The average Bonchev–Trinajstić information content (AvgIpc) is 3.21. The number of benzene rings is 2. The molecule has 0 aliphatic heterocycles. The lowest BCUT2D eigenvalue weighted by Gasteiger charge is -2.31. The standard InChI is InChI=1S/C25H28N4O2/c1-17(2)14-18(3)29(20-8-9-22-19(15-20)10-12-26-22)25(31)11-13-28-23-7-5-4-6-21(23)24(30)16-27-28/h4-10,12,15-18,26H,11,13-14H2,1-3H3. The number of aromatic amines is 1. The van der Waals surface area contributed by atoms with E-state index in [4.69, 9.17) is 0 Å². The molecule has 160 valence electrons. The van der Waals surface area contributed by atoms with Gasteiger partial charge in [0.2, 0.25) is 11.3 Å². The van der Waals surface area contributed by atoms with Gasteiger partial charge in [-0.15, -0.1) is 0 Å². The average molecular weight is 417 g/mol. The summed E-state index contributed by atoms with van der Waals surface area (Å²) in [6.45, 7) is 6.86. The zero-order valence-electron chi connectivity index (χ0n) is 18.2. The number of fused-ring (bicyclic) bond motifs is 2. The molecule has 2 aromatic heterocycles. The number of nitrogens with one attached hydrogen (secondary N) is 1. The Hall–Kier alpha value is -3.41. The molecule has 4 aromatic rings. The number of aryl methyl sites for hydroxylation is 1. The monoisotopic (exact) mass is 416 g/mol. The lowest BCUT2D eigenvalue weighted by Crippen LogP contribution is -2.40. The van der Waals surface area contributed by atoms with Crippen LogP contribution in [0.3, 0.4) is 0 Å². The number of amides is 1. The number of carbonyl (C=O) groups excluding carboxylic acids is 1. The predicted molar refractivity (Wildman–Crippen MR) is 125 cm³/mol. The first-order valence-electron chi connectivity index (χ1n) is 10.8. The van der Waals surface area contributed by atoms with Crippen LogP contribution in [0.2, 0.25) is 0 Å². The molecule has 1 N–H and O–H groups in total. The van der Waals surface area contributed by atoms with Crippen LogP contribution >= 0.6 is 0 Å². The quantitative estimate of drug-likeness (QED) is 0.473. The molecule has 0 fully saturated rings. The fourth-order valence-electron chi connectivity index (χ4n) is 4.28. The molecule has 0 aliphatic carbocycles. The molecule has 1 unspecified atom stereocenters. The third-order valence-electron chi connectivity index (χ3n) is 5.64. The summed E-state index contributed by atoms with van der Waals surface area (Å²) >= 11 is 0. The van der Waals surface area contributed by atoms with Crippen molar-refractivity contribution in [3.05, 3.63) is 71.1 Å². The smallest absolute Gasteiger partial charge is 0.229 e. The van der Waals surface area contributed by atoms with Crippen molar-refractivity contribution in [3.8, 4) is 0 Å². The van der Waals surface area contributed by atoms with E-state index in [1.807, 2.05) is 47.5 Å². The van der Waals surface area contributed by atoms with Gasteiger partial charge in [0, 0.05) is 40.6 Å². The van der Waals surface area contributed by atoms with Crippen LogP contribution in [0.5, 0.6) is 0 Å². The van der Waals surface area contributed by atoms with Gasteiger partial charge in [-0.1, -0.05) is 26.0 Å². The lowest BCUT2D eigenvalue weighted by molar-refractivity contribution is -0.119. The van der Waals surface area contributed by atoms with Crippen LogP contribution in [-0.4, -0.2) is 26.7 Å². The Kier molecular flexibility index (Phi) is 5.89. The molecular weight excluding hydrogens is 388 g/mol. The van der Waals surface area contributed by atoms with Crippen LogP contribution in [0, 0.1) is 5.92 Å². The number of H-pyrrole nitrogens is 1. The Labute approximate surface area is 181 Å². The molecular formula is C25H28N4O2. The van der Waals surface area contributed by atoms with E-state index in [0.29, 0.717) is 24.3 Å². The number of hydrogen-bond acceptors (Lipinski definition) is 3. The molecule has 2 heterocycles. The maximum absolute atomic E-state index is 13.4. The summed E-state index contributed by atoms with van der Waals surface area (Å²) in [5.41, 5.74) is 2.60. The summed E-state index contributed by atoms with van der Waals surface area (Å²) < 4.78 is 1.75. The highest BCUT2D eigenvalue weighted by Crippen LogP contribution is 2.26. The first kappa shape index (κ1) is 20.8. The number of carbonyl (C=O) groups is 1. The highest BCUT2D eigenvalue weighted by molar-refractivity contribution is 5.96. The highest BCUT2D eigenvalue weighted by Gasteiger charge is 2.23. The largest absolute Gasteiger partial charge is 0.361 e. The summed E-state index contributed by atoms with van der Waals surface area (Å²) in [6.07, 6.45) is 4.45. The highest BCUT2D eigenvalue weighted by atomic mass is 16.2. The second kappa shape index (κ2) is 8.76. The van der Waals surface area contributed by atoms with Gasteiger partial charge >= 0.3 is 0 Å². The van der Waals surface area contributed by atoms with Crippen molar-refractivity contribution in [1.82, 2.24) is 14.8 Å². The Balaban J connectivity index is 1.62. The first-order chi connectivity index (χ1) is 14.9. The minimum Gasteiger partial charge on any atom is -0.361 e. The van der Waals surface area contributed by atoms with Gasteiger partial charge < -0.3 is 9.88 Å². The van der Waals surface area contributed by atoms with Crippen molar-refractivity contribution < 1.29 is 4.79 Å². The van der Waals surface area contributed by atoms with Gasteiger partial charge in [-0.3, -0.25) is 14.3 Å². The molecule has 6 nitrogen and oxygen atoms in total. The van der Waals surface area contributed by atoms with Crippen molar-refractivity contribution in [1.29, 1.82) is 0 Å². The Morgan fingerprint density at radius 2 is 1.94 bits per heavy atom. The van der Waals surface area contributed by atoms with E-state index >= 15 is 0 Å². The summed E-state index contributed by atoms with van der Waals surface area (Å²) in [6, 6.07) is 15.6. The van der Waals surface area contributed by atoms with Crippen molar-refractivity contribution in [2.24, 2.45) is 5.92 Å². The molecule has 0 saturated carbocycles. The number of rotatable bonds is 7. The third kappa shape index (κ3) is 4.38. The van der Waals surface area contributed by atoms with Crippen molar-refractivity contribution >= 4 is 33.4 Å². The normalized spacial score (nSPS) is 12.5. The zero-order chi connectivity index (χ0) is 22.0. The molecule has 0 radical (unpaired) electrons. The molecule has 0 aliphatic rings. The molecule has 0 spiro atoms. The molecule has 0 saturated heterocycles. The molecule has 31 heavy (non-hydrogen) atoms. The predicted octanol–water partition coefficient (Wildman–Crippen LogP) is 4.74. The Bertz CT molecular complexity index is 1270. The molecule has 2 aromatic carbocycles. The van der Waals surface area contributed by atoms with Crippen molar-refractivity contribution in [3.63, 3.8) is 0 Å².